The predicted molar refractivity (Wildman–Crippen MR) is 98.2 cm³/mol. The van der Waals surface area contributed by atoms with Crippen LogP contribution in [-0.4, -0.2) is 36.3 Å². The molecule has 1 unspecified atom stereocenters. The molecule has 3 rings (SSSR count). The van der Waals surface area contributed by atoms with Gasteiger partial charge in [0.25, 0.3) is 11.8 Å². The summed E-state index contributed by atoms with van der Waals surface area (Å²) in [6.45, 7) is 2.16. The number of fused-ring (bicyclic) bond motifs is 1. The van der Waals surface area contributed by atoms with Gasteiger partial charge in [0.05, 0.1) is 23.5 Å². The van der Waals surface area contributed by atoms with E-state index in [9.17, 15) is 14.4 Å². The zero-order valence-electron chi connectivity index (χ0n) is 14.7. The van der Waals surface area contributed by atoms with E-state index in [1.54, 1.807) is 47.6 Å². The van der Waals surface area contributed by atoms with Crippen LogP contribution in [0.3, 0.4) is 0 Å². The lowest BCUT2D eigenvalue weighted by molar-refractivity contribution is -0.119. The van der Waals surface area contributed by atoms with Crippen molar-refractivity contribution in [3.05, 3.63) is 53.9 Å². The second kappa shape index (κ2) is 7.35. The largest absolute Gasteiger partial charge is 0.355 e. The molecule has 26 heavy (non-hydrogen) atoms. The highest BCUT2D eigenvalue weighted by Gasteiger charge is 2.31. The van der Waals surface area contributed by atoms with Gasteiger partial charge in [-0.15, -0.1) is 0 Å². The van der Waals surface area contributed by atoms with Gasteiger partial charge >= 0.3 is 0 Å². The highest BCUT2D eigenvalue weighted by atomic mass is 16.2. The van der Waals surface area contributed by atoms with E-state index in [1.807, 2.05) is 6.92 Å². The molecule has 0 saturated carbocycles. The van der Waals surface area contributed by atoms with Crippen molar-refractivity contribution in [1.82, 2.24) is 10.3 Å². The fraction of sp³-hybridized carbons (Fsp3) is 0.263. The van der Waals surface area contributed by atoms with Crippen molar-refractivity contribution in [2.45, 2.75) is 13.3 Å². The van der Waals surface area contributed by atoms with Crippen LogP contribution in [0, 0.1) is 5.92 Å². The smallest absolute Gasteiger partial charge is 0.258 e. The van der Waals surface area contributed by atoms with Crippen LogP contribution < -0.4 is 15.5 Å². The number of nitrogens with one attached hydrogen (secondary N) is 2. The van der Waals surface area contributed by atoms with E-state index in [0.29, 0.717) is 28.9 Å². The van der Waals surface area contributed by atoms with Crippen molar-refractivity contribution >= 4 is 29.1 Å². The number of hydrogen-bond donors (Lipinski definition) is 2. The van der Waals surface area contributed by atoms with Gasteiger partial charge in [-0.25, -0.2) is 0 Å². The van der Waals surface area contributed by atoms with Gasteiger partial charge in [0.2, 0.25) is 5.91 Å². The van der Waals surface area contributed by atoms with Crippen LogP contribution in [0.2, 0.25) is 0 Å². The molecular formula is C19H20N4O3. The van der Waals surface area contributed by atoms with Crippen molar-refractivity contribution < 1.29 is 14.4 Å². The summed E-state index contributed by atoms with van der Waals surface area (Å²) in [5.41, 5.74) is 1.88. The maximum Gasteiger partial charge on any atom is 0.258 e. The van der Waals surface area contributed by atoms with Gasteiger partial charge in [-0.05, 0) is 30.7 Å². The third-order valence-electron chi connectivity index (χ3n) is 4.46. The highest BCUT2D eigenvalue weighted by molar-refractivity contribution is 6.11. The number of benzene rings is 1. The minimum atomic E-state index is -0.325. The van der Waals surface area contributed by atoms with E-state index in [-0.39, 0.29) is 30.2 Å². The Labute approximate surface area is 151 Å². The lowest BCUT2D eigenvalue weighted by atomic mass is 10.0. The normalized spacial score (nSPS) is 16.3. The number of rotatable bonds is 3. The van der Waals surface area contributed by atoms with Crippen LogP contribution in [-0.2, 0) is 4.79 Å². The van der Waals surface area contributed by atoms with Crippen LogP contribution in [0.15, 0.2) is 42.7 Å². The molecule has 0 saturated heterocycles. The standard InChI is InChI=1S/C19H20N4O3/c1-3-12-11-23(16-10-21-8-7-15(16)22-18(12)25)19(26)14-6-4-5-13(9-14)17(24)20-2/h4-10,12H,3,11H2,1-2H3,(H,20,24)(H,22,25). The minimum Gasteiger partial charge on any atom is -0.355 e. The van der Waals surface area contributed by atoms with Crippen molar-refractivity contribution in [1.29, 1.82) is 0 Å². The number of aromatic nitrogens is 1. The van der Waals surface area contributed by atoms with Crippen molar-refractivity contribution in [3.8, 4) is 0 Å². The van der Waals surface area contributed by atoms with Crippen LogP contribution in [0.1, 0.15) is 34.1 Å². The molecule has 0 bridgehead atoms. The molecule has 7 nitrogen and oxygen atoms in total. The Morgan fingerprint density at radius 1 is 1.31 bits per heavy atom. The molecule has 0 radical (unpaired) electrons. The van der Waals surface area contributed by atoms with Gasteiger partial charge in [0.1, 0.15) is 0 Å². The van der Waals surface area contributed by atoms with E-state index in [2.05, 4.69) is 15.6 Å². The van der Waals surface area contributed by atoms with Gasteiger partial charge < -0.3 is 15.5 Å². The first kappa shape index (κ1) is 17.6. The molecular weight excluding hydrogens is 332 g/mol. The minimum absolute atomic E-state index is 0.116. The molecule has 1 atom stereocenters. The van der Waals surface area contributed by atoms with Gasteiger partial charge in [-0.1, -0.05) is 13.0 Å². The van der Waals surface area contributed by atoms with Crippen LogP contribution in [0.25, 0.3) is 0 Å². The monoisotopic (exact) mass is 352 g/mol. The molecule has 0 spiro atoms. The molecule has 3 amide bonds. The third kappa shape index (κ3) is 3.28. The quantitative estimate of drug-likeness (QED) is 0.885. The zero-order valence-corrected chi connectivity index (χ0v) is 14.7. The van der Waals surface area contributed by atoms with Gasteiger partial charge in [0.15, 0.2) is 0 Å². The maximum atomic E-state index is 13.2. The first-order valence-corrected chi connectivity index (χ1v) is 8.44. The van der Waals surface area contributed by atoms with Gasteiger partial charge in [-0.3, -0.25) is 19.4 Å². The number of anilines is 2. The fourth-order valence-electron chi connectivity index (χ4n) is 2.94. The second-order valence-corrected chi connectivity index (χ2v) is 6.06. The average Bonchev–Trinajstić information content (AvgIpc) is 2.82. The molecule has 134 valence electrons. The predicted octanol–water partition coefficient (Wildman–Crippen LogP) is 2.07. The maximum absolute atomic E-state index is 13.2. The van der Waals surface area contributed by atoms with Crippen LogP contribution in [0.4, 0.5) is 11.4 Å². The van der Waals surface area contributed by atoms with Crippen molar-refractivity contribution in [2.24, 2.45) is 5.92 Å². The number of amides is 3. The first-order chi connectivity index (χ1) is 12.5. The molecule has 2 heterocycles. The summed E-state index contributed by atoms with van der Waals surface area (Å²) in [4.78, 5) is 43.0. The Hall–Kier alpha value is -3.22. The number of hydrogen-bond acceptors (Lipinski definition) is 4. The zero-order chi connectivity index (χ0) is 18.7. The van der Waals surface area contributed by atoms with Crippen LogP contribution >= 0.6 is 0 Å². The van der Waals surface area contributed by atoms with E-state index < -0.39 is 0 Å². The summed E-state index contributed by atoms with van der Waals surface area (Å²) >= 11 is 0. The number of pyridine rings is 1. The van der Waals surface area contributed by atoms with Gasteiger partial charge in [0, 0.05) is 30.9 Å². The summed E-state index contributed by atoms with van der Waals surface area (Å²) in [6.07, 6.45) is 3.74. The lowest BCUT2D eigenvalue weighted by Gasteiger charge is -2.24. The highest BCUT2D eigenvalue weighted by Crippen LogP contribution is 2.31. The van der Waals surface area contributed by atoms with Crippen molar-refractivity contribution in [2.75, 3.05) is 23.8 Å². The van der Waals surface area contributed by atoms with Crippen molar-refractivity contribution in [3.63, 3.8) is 0 Å². The Morgan fingerprint density at radius 3 is 2.81 bits per heavy atom. The molecule has 0 fully saturated rings. The number of carbonyl (C=O) groups is 3. The Kier molecular flexibility index (Phi) is 4.97. The van der Waals surface area contributed by atoms with Gasteiger partial charge in [-0.2, -0.15) is 0 Å². The molecule has 2 N–H and O–H groups in total. The van der Waals surface area contributed by atoms with E-state index in [4.69, 9.17) is 0 Å². The summed E-state index contributed by atoms with van der Waals surface area (Å²) in [6, 6.07) is 8.20. The second-order valence-electron chi connectivity index (χ2n) is 6.06. The third-order valence-corrected chi connectivity index (χ3v) is 4.46. The van der Waals surface area contributed by atoms with E-state index >= 15 is 0 Å². The average molecular weight is 352 g/mol. The molecule has 1 aliphatic rings. The SMILES string of the molecule is CCC1CN(C(=O)c2cccc(C(=O)NC)c2)c2cnccc2NC1=O. The number of carbonyl (C=O) groups excluding carboxylic acids is 3. The molecule has 7 heteroatoms. The summed E-state index contributed by atoms with van der Waals surface area (Å²) in [5.74, 6) is -0.983. The number of nitrogens with zero attached hydrogens (tertiary/aromatic N) is 2. The molecule has 1 aromatic heterocycles. The summed E-state index contributed by atoms with van der Waals surface area (Å²) in [7, 11) is 1.54. The Morgan fingerprint density at radius 2 is 2.08 bits per heavy atom. The first-order valence-electron chi connectivity index (χ1n) is 8.44. The molecule has 1 aromatic carbocycles. The lowest BCUT2D eigenvalue weighted by Crippen LogP contribution is -2.37. The molecule has 2 aromatic rings. The fourth-order valence-corrected chi connectivity index (χ4v) is 2.94. The van der Waals surface area contributed by atoms with E-state index in [1.165, 1.54) is 7.05 Å². The Balaban J connectivity index is 2.02. The topological polar surface area (TPSA) is 91.4 Å². The van der Waals surface area contributed by atoms with E-state index in [0.717, 1.165) is 0 Å². The Bertz CT molecular complexity index is 865. The summed E-state index contributed by atoms with van der Waals surface area (Å²) < 4.78 is 0. The molecule has 0 aliphatic carbocycles. The summed E-state index contributed by atoms with van der Waals surface area (Å²) in [5, 5.41) is 5.41. The van der Waals surface area contributed by atoms with Crippen LogP contribution in [0.5, 0.6) is 0 Å². The molecule has 1 aliphatic heterocycles.